The van der Waals surface area contributed by atoms with Crippen LogP contribution in [0.3, 0.4) is 0 Å². The van der Waals surface area contributed by atoms with Gasteiger partial charge in [0.25, 0.3) is 0 Å². The molecule has 0 bridgehead atoms. The first-order valence-corrected chi connectivity index (χ1v) is 6.80. The van der Waals surface area contributed by atoms with E-state index < -0.39 is 0 Å². The Kier molecular flexibility index (Phi) is 3.23. The molecule has 0 aliphatic rings. The van der Waals surface area contributed by atoms with Gasteiger partial charge in [-0.1, -0.05) is 11.6 Å². The van der Waals surface area contributed by atoms with E-state index in [4.69, 9.17) is 16.3 Å². The lowest BCUT2D eigenvalue weighted by Gasteiger charge is -2.06. The molecule has 0 N–H and O–H groups in total. The average Bonchev–Trinajstić information content (AvgIpc) is 2.98. The van der Waals surface area contributed by atoms with Crippen molar-refractivity contribution in [3.8, 4) is 5.75 Å². The number of nitrogens with zero attached hydrogens (tertiary/aromatic N) is 2. The third kappa shape index (κ3) is 2.47. The molecule has 19 heavy (non-hydrogen) atoms. The quantitative estimate of drug-likeness (QED) is 0.692. The predicted molar refractivity (Wildman–Crippen MR) is 74.2 cm³/mol. The third-order valence-corrected chi connectivity index (χ3v) is 3.68. The zero-order valence-electron chi connectivity index (χ0n) is 9.75. The Bertz CT molecular complexity index is 707. The number of aromatic nitrogens is 2. The highest BCUT2D eigenvalue weighted by atomic mass is 35.5. The summed E-state index contributed by atoms with van der Waals surface area (Å²) in [6.45, 7) is 0.342. The summed E-state index contributed by atoms with van der Waals surface area (Å²) in [5, 5.41) is 2.40. The fraction of sp³-hybridized carbons (Fsp3) is 0.0769. The number of benzene rings is 1. The monoisotopic (exact) mass is 292 g/mol. The van der Waals surface area contributed by atoms with E-state index in [1.54, 1.807) is 29.5 Å². The normalized spacial score (nSPS) is 10.8. The van der Waals surface area contributed by atoms with Crippen molar-refractivity contribution in [2.75, 3.05) is 0 Å². The highest BCUT2D eigenvalue weighted by Gasteiger charge is 2.06. The number of rotatable bonds is 4. The highest BCUT2D eigenvalue weighted by Crippen LogP contribution is 2.25. The van der Waals surface area contributed by atoms with Crippen LogP contribution in [0.25, 0.3) is 4.96 Å². The molecule has 0 amide bonds. The first-order valence-electron chi connectivity index (χ1n) is 5.55. The van der Waals surface area contributed by atoms with Crippen molar-refractivity contribution in [2.45, 2.75) is 6.61 Å². The van der Waals surface area contributed by atoms with Gasteiger partial charge in [-0.15, -0.1) is 11.3 Å². The Hall–Kier alpha value is -1.85. The van der Waals surface area contributed by atoms with Crippen molar-refractivity contribution in [3.05, 3.63) is 52.3 Å². The van der Waals surface area contributed by atoms with E-state index in [2.05, 4.69) is 4.98 Å². The molecule has 0 aliphatic heterocycles. The number of imidazole rings is 1. The number of hydrogen-bond donors (Lipinski definition) is 0. The molecule has 0 saturated carbocycles. The average molecular weight is 293 g/mol. The Balaban J connectivity index is 1.75. The van der Waals surface area contributed by atoms with Crippen molar-refractivity contribution < 1.29 is 9.53 Å². The number of hydrogen-bond acceptors (Lipinski definition) is 4. The largest absolute Gasteiger partial charge is 0.486 e. The van der Waals surface area contributed by atoms with E-state index in [0.29, 0.717) is 22.9 Å². The fourth-order valence-electron chi connectivity index (χ4n) is 1.70. The van der Waals surface area contributed by atoms with Gasteiger partial charge in [0.2, 0.25) is 0 Å². The van der Waals surface area contributed by atoms with Gasteiger partial charge >= 0.3 is 0 Å². The molecule has 0 spiro atoms. The summed E-state index contributed by atoms with van der Waals surface area (Å²) in [4.78, 5) is 15.9. The molecule has 4 nitrogen and oxygen atoms in total. The molecule has 2 heterocycles. The molecule has 3 rings (SSSR count). The van der Waals surface area contributed by atoms with Gasteiger partial charge in [-0.3, -0.25) is 9.20 Å². The van der Waals surface area contributed by atoms with Gasteiger partial charge in [0.05, 0.1) is 10.7 Å². The Morgan fingerprint density at radius 3 is 3.11 bits per heavy atom. The van der Waals surface area contributed by atoms with Crippen LogP contribution in [0.5, 0.6) is 5.75 Å². The first-order chi connectivity index (χ1) is 9.26. The summed E-state index contributed by atoms with van der Waals surface area (Å²) in [6.07, 6.45) is 4.61. The Morgan fingerprint density at radius 2 is 2.37 bits per heavy atom. The summed E-state index contributed by atoms with van der Waals surface area (Å²) in [7, 11) is 0. The van der Waals surface area contributed by atoms with Gasteiger partial charge in [0.1, 0.15) is 18.6 Å². The minimum absolute atomic E-state index is 0.342. The summed E-state index contributed by atoms with van der Waals surface area (Å²) in [5.74, 6) is 0.545. The lowest BCUT2D eigenvalue weighted by atomic mass is 10.2. The van der Waals surface area contributed by atoms with Crippen molar-refractivity contribution in [1.82, 2.24) is 9.38 Å². The number of aldehydes is 1. The molecule has 0 saturated heterocycles. The molecule has 1 aromatic carbocycles. The molecule has 2 aromatic heterocycles. The number of thiazole rings is 1. The predicted octanol–water partition coefficient (Wildman–Crippen LogP) is 3.44. The lowest BCUT2D eigenvalue weighted by molar-refractivity contribution is 0.112. The second-order valence-corrected chi connectivity index (χ2v) is 5.20. The van der Waals surface area contributed by atoms with Crippen molar-refractivity contribution in [2.24, 2.45) is 0 Å². The first kappa shape index (κ1) is 12.2. The van der Waals surface area contributed by atoms with Crippen LogP contribution in [0.1, 0.15) is 16.1 Å². The second kappa shape index (κ2) is 5.03. The number of halogens is 1. The zero-order chi connectivity index (χ0) is 13.2. The standard InChI is InChI=1S/C13H9ClN2O2S/c14-11-5-9(7-17)1-2-12(11)18-8-10-6-16-3-4-19-13(16)15-10/h1-7H,8H2. The molecular weight excluding hydrogens is 284 g/mol. The summed E-state index contributed by atoms with van der Waals surface area (Å²) in [6, 6.07) is 4.93. The van der Waals surface area contributed by atoms with Gasteiger partial charge in [-0.25, -0.2) is 4.98 Å². The Labute approximate surface area is 118 Å². The molecular formula is C13H9ClN2O2S. The molecule has 0 fully saturated rings. The topological polar surface area (TPSA) is 43.6 Å². The van der Waals surface area contributed by atoms with E-state index in [1.165, 1.54) is 0 Å². The SMILES string of the molecule is O=Cc1ccc(OCc2cn3ccsc3n2)c(Cl)c1. The minimum Gasteiger partial charge on any atom is -0.486 e. The number of ether oxygens (including phenoxy) is 1. The molecule has 96 valence electrons. The third-order valence-electron chi connectivity index (χ3n) is 2.61. The lowest BCUT2D eigenvalue weighted by Crippen LogP contribution is -1.96. The number of fused-ring (bicyclic) bond motifs is 1. The smallest absolute Gasteiger partial charge is 0.193 e. The fourth-order valence-corrected chi connectivity index (χ4v) is 2.67. The molecule has 0 radical (unpaired) electrons. The van der Waals surface area contributed by atoms with Crippen LogP contribution in [-0.2, 0) is 6.61 Å². The molecule has 0 aliphatic carbocycles. The van der Waals surface area contributed by atoms with Gasteiger partial charge in [0.15, 0.2) is 4.96 Å². The maximum absolute atomic E-state index is 10.6. The van der Waals surface area contributed by atoms with Gasteiger partial charge in [-0.2, -0.15) is 0 Å². The van der Waals surface area contributed by atoms with Crippen molar-refractivity contribution in [1.29, 1.82) is 0 Å². The summed E-state index contributed by atoms with van der Waals surface area (Å²) >= 11 is 7.59. The Morgan fingerprint density at radius 1 is 1.47 bits per heavy atom. The molecule has 3 aromatic rings. The van der Waals surface area contributed by atoms with Crippen LogP contribution in [0.4, 0.5) is 0 Å². The molecule has 0 unspecified atom stereocenters. The minimum atomic E-state index is 0.342. The van der Waals surface area contributed by atoms with Crippen LogP contribution >= 0.6 is 22.9 Å². The van der Waals surface area contributed by atoms with Crippen molar-refractivity contribution in [3.63, 3.8) is 0 Å². The highest BCUT2D eigenvalue weighted by molar-refractivity contribution is 7.15. The number of carbonyl (C=O) groups is 1. The van der Waals surface area contributed by atoms with Crippen LogP contribution in [-0.4, -0.2) is 15.7 Å². The maximum Gasteiger partial charge on any atom is 0.193 e. The summed E-state index contributed by atoms with van der Waals surface area (Å²) < 4.78 is 7.55. The van der Waals surface area contributed by atoms with Crippen LogP contribution in [0.2, 0.25) is 5.02 Å². The van der Waals surface area contributed by atoms with Gasteiger partial charge in [0, 0.05) is 23.3 Å². The van der Waals surface area contributed by atoms with Gasteiger partial charge < -0.3 is 4.74 Å². The van der Waals surface area contributed by atoms with Gasteiger partial charge in [-0.05, 0) is 18.2 Å². The molecule has 0 atom stereocenters. The van der Waals surface area contributed by atoms with E-state index >= 15 is 0 Å². The summed E-state index contributed by atoms with van der Waals surface area (Å²) in [5.41, 5.74) is 1.36. The van der Waals surface area contributed by atoms with Crippen molar-refractivity contribution >= 4 is 34.2 Å². The number of carbonyl (C=O) groups excluding carboxylic acids is 1. The van der Waals surface area contributed by atoms with Crippen LogP contribution in [0.15, 0.2) is 36.0 Å². The van der Waals surface area contributed by atoms with E-state index in [9.17, 15) is 4.79 Å². The van der Waals surface area contributed by atoms with Crippen LogP contribution < -0.4 is 4.74 Å². The second-order valence-electron chi connectivity index (χ2n) is 3.92. The van der Waals surface area contributed by atoms with E-state index in [1.807, 2.05) is 22.2 Å². The van der Waals surface area contributed by atoms with E-state index in [-0.39, 0.29) is 0 Å². The maximum atomic E-state index is 10.6. The van der Waals surface area contributed by atoms with E-state index in [0.717, 1.165) is 16.9 Å². The molecule has 6 heteroatoms. The van der Waals surface area contributed by atoms with Crippen LogP contribution in [0, 0.1) is 0 Å². The zero-order valence-corrected chi connectivity index (χ0v) is 11.3.